The van der Waals surface area contributed by atoms with Crippen LogP contribution in [0.3, 0.4) is 0 Å². The van der Waals surface area contributed by atoms with Gasteiger partial charge in [0, 0.05) is 56.9 Å². The molecule has 31 heavy (non-hydrogen) atoms. The van der Waals surface area contributed by atoms with E-state index in [1.165, 1.54) is 13.0 Å². The maximum atomic E-state index is 13.6. The first-order chi connectivity index (χ1) is 14.6. The van der Waals surface area contributed by atoms with Crippen molar-refractivity contribution in [3.63, 3.8) is 0 Å². The van der Waals surface area contributed by atoms with Crippen molar-refractivity contribution in [2.24, 2.45) is 0 Å². The Kier molecular flexibility index (Phi) is 6.71. The number of hydrogen-bond donors (Lipinski definition) is 1. The topological polar surface area (TPSA) is 82.2 Å². The van der Waals surface area contributed by atoms with Crippen molar-refractivity contribution in [3.05, 3.63) is 29.6 Å². The van der Waals surface area contributed by atoms with Crippen LogP contribution in [0.4, 0.5) is 14.9 Å². The van der Waals surface area contributed by atoms with Gasteiger partial charge in [-0.1, -0.05) is 0 Å². The minimum atomic E-state index is -0.653. The zero-order valence-corrected chi connectivity index (χ0v) is 18.6. The molecule has 0 radical (unpaired) electrons. The van der Waals surface area contributed by atoms with E-state index in [-0.39, 0.29) is 35.8 Å². The number of fused-ring (bicyclic) bond motifs is 1. The summed E-state index contributed by atoms with van der Waals surface area (Å²) in [5.41, 5.74) is 1.72. The molecule has 1 unspecified atom stereocenters. The highest BCUT2D eigenvalue weighted by Crippen LogP contribution is 2.38. The number of nitrogens with one attached hydrogen (secondary N) is 1. The molecule has 1 saturated heterocycles. The molecule has 1 atom stereocenters. The van der Waals surface area contributed by atoms with Crippen molar-refractivity contribution in [1.82, 2.24) is 15.1 Å². The lowest BCUT2D eigenvalue weighted by Gasteiger charge is -2.36. The van der Waals surface area contributed by atoms with Crippen LogP contribution in [0, 0.1) is 5.82 Å². The largest absolute Gasteiger partial charge is 0.439 e. The van der Waals surface area contributed by atoms with E-state index in [0.717, 1.165) is 17.7 Å². The number of halogens is 1. The number of ether oxygens (including phenoxy) is 1. The van der Waals surface area contributed by atoms with Gasteiger partial charge in [-0.15, -0.1) is 0 Å². The van der Waals surface area contributed by atoms with E-state index < -0.39 is 6.09 Å². The van der Waals surface area contributed by atoms with Crippen LogP contribution >= 0.6 is 0 Å². The molecule has 2 aliphatic heterocycles. The van der Waals surface area contributed by atoms with Gasteiger partial charge in [0.15, 0.2) is 6.61 Å². The third-order valence-corrected chi connectivity index (χ3v) is 5.91. The highest BCUT2D eigenvalue weighted by Gasteiger charge is 2.36. The Balaban J connectivity index is 1.46. The van der Waals surface area contributed by atoms with Gasteiger partial charge in [-0.3, -0.25) is 9.59 Å². The summed E-state index contributed by atoms with van der Waals surface area (Å²) in [6.45, 7) is 9.57. The maximum absolute atomic E-state index is 13.6. The summed E-state index contributed by atoms with van der Waals surface area (Å²) in [4.78, 5) is 41.3. The van der Waals surface area contributed by atoms with E-state index in [0.29, 0.717) is 32.7 Å². The molecule has 0 aliphatic carbocycles. The SMILES string of the molecule is CC(=O)N1CCN(C(=O)COC(=O)NC(C)CN2c3ccc(F)cc3CC2(C)C)CC1. The highest BCUT2D eigenvalue weighted by molar-refractivity contribution is 5.81. The number of benzene rings is 1. The molecule has 0 aromatic heterocycles. The molecule has 1 aromatic rings. The Labute approximate surface area is 182 Å². The Hall–Kier alpha value is -2.84. The van der Waals surface area contributed by atoms with Crippen LogP contribution in [-0.4, -0.2) is 78.6 Å². The zero-order chi connectivity index (χ0) is 22.8. The third-order valence-electron chi connectivity index (χ3n) is 5.91. The first-order valence-corrected chi connectivity index (χ1v) is 10.6. The highest BCUT2D eigenvalue weighted by atomic mass is 19.1. The van der Waals surface area contributed by atoms with Gasteiger partial charge in [-0.05, 0) is 51.0 Å². The van der Waals surface area contributed by atoms with E-state index in [1.54, 1.807) is 21.9 Å². The van der Waals surface area contributed by atoms with Crippen LogP contribution in [0.1, 0.15) is 33.3 Å². The first-order valence-electron chi connectivity index (χ1n) is 10.6. The van der Waals surface area contributed by atoms with Gasteiger partial charge in [-0.25, -0.2) is 9.18 Å². The van der Waals surface area contributed by atoms with Gasteiger partial charge >= 0.3 is 6.09 Å². The maximum Gasteiger partial charge on any atom is 0.407 e. The fourth-order valence-corrected chi connectivity index (χ4v) is 4.24. The van der Waals surface area contributed by atoms with Crippen LogP contribution < -0.4 is 10.2 Å². The Morgan fingerprint density at radius 2 is 1.81 bits per heavy atom. The number of carbonyl (C=O) groups excluding carboxylic acids is 3. The summed E-state index contributed by atoms with van der Waals surface area (Å²) >= 11 is 0. The van der Waals surface area contributed by atoms with Gasteiger partial charge in [0.1, 0.15) is 5.82 Å². The number of rotatable bonds is 5. The monoisotopic (exact) mass is 434 g/mol. The lowest BCUT2D eigenvalue weighted by molar-refractivity contribution is -0.140. The van der Waals surface area contributed by atoms with Crippen molar-refractivity contribution < 1.29 is 23.5 Å². The number of anilines is 1. The van der Waals surface area contributed by atoms with E-state index in [4.69, 9.17) is 4.74 Å². The molecule has 2 heterocycles. The number of hydrogen-bond acceptors (Lipinski definition) is 5. The summed E-state index contributed by atoms with van der Waals surface area (Å²) in [5, 5.41) is 2.77. The van der Waals surface area contributed by atoms with E-state index in [1.807, 2.05) is 6.92 Å². The van der Waals surface area contributed by atoms with Gasteiger partial charge in [-0.2, -0.15) is 0 Å². The molecule has 2 aliphatic rings. The number of amides is 3. The van der Waals surface area contributed by atoms with E-state index >= 15 is 0 Å². The summed E-state index contributed by atoms with van der Waals surface area (Å²) in [6.07, 6.45) is 0.0717. The van der Waals surface area contributed by atoms with Gasteiger partial charge in [0.2, 0.25) is 5.91 Å². The van der Waals surface area contributed by atoms with Crippen LogP contribution in [0.15, 0.2) is 18.2 Å². The minimum absolute atomic E-state index is 0.00866. The van der Waals surface area contributed by atoms with Crippen LogP contribution in [0.2, 0.25) is 0 Å². The molecule has 8 nitrogen and oxygen atoms in total. The quantitative estimate of drug-likeness (QED) is 0.764. The van der Waals surface area contributed by atoms with Gasteiger partial charge in [0.25, 0.3) is 5.91 Å². The number of alkyl carbamates (subject to hydrolysis) is 1. The van der Waals surface area contributed by atoms with Gasteiger partial charge < -0.3 is 24.8 Å². The molecule has 1 N–H and O–H groups in total. The summed E-state index contributed by atoms with van der Waals surface area (Å²) < 4.78 is 18.7. The number of carbonyl (C=O) groups is 3. The summed E-state index contributed by atoms with van der Waals surface area (Å²) in [5.74, 6) is -0.535. The Morgan fingerprint density at radius 3 is 2.45 bits per heavy atom. The molecular formula is C22H31FN4O4. The lowest BCUT2D eigenvalue weighted by atomic mass is 9.99. The fourth-order valence-electron chi connectivity index (χ4n) is 4.24. The first kappa shape index (κ1) is 22.8. The average molecular weight is 435 g/mol. The molecule has 3 amide bonds. The molecule has 0 saturated carbocycles. The predicted molar refractivity (Wildman–Crippen MR) is 114 cm³/mol. The summed E-state index contributed by atoms with van der Waals surface area (Å²) in [7, 11) is 0. The molecule has 1 fully saturated rings. The number of nitrogens with zero attached hydrogens (tertiary/aromatic N) is 3. The fraction of sp³-hybridized carbons (Fsp3) is 0.591. The lowest BCUT2D eigenvalue weighted by Crippen LogP contribution is -2.51. The standard InChI is InChI=1S/C22H31FN4O4/c1-15(13-27-19-6-5-18(23)11-17(19)12-22(27,3)4)24-21(30)31-14-20(29)26-9-7-25(8-10-26)16(2)28/h5-6,11,15H,7-10,12-14H2,1-4H3,(H,24,30). The van der Waals surface area contributed by atoms with Crippen LogP contribution in [0.5, 0.6) is 0 Å². The van der Waals surface area contributed by atoms with E-state index in [9.17, 15) is 18.8 Å². The molecule has 0 spiro atoms. The molecule has 1 aromatic carbocycles. The van der Waals surface area contributed by atoms with Crippen molar-refractivity contribution in [3.8, 4) is 0 Å². The Morgan fingerprint density at radius 1 is 1.16 bits per heavy atom. The van der Waals surface area contributed by atoms with Crippen molar-refractivity contribution >= 4 is 23.6 Å². The van der Waals surface area contributed by atoms with Crippen molar-refractivity contribution in [1.29, 1.82) is 0 Å². The van der Waals surface area contributed by atoms with Crippen molar-refractivity contribution in [2.45, 2.75) is 45.7 Å². The minimum Gasteiger partial charge on any atom is -0.439 e. The Bertz CT molecular complexity index is 852. The predicted octanol–water partition coefficient (Wildman–Crippen LogP) is 1.77. The second-order valence-electron chi connectivity index (χ2n) is 8.88. The molecule has 0 bridgehead atoms. The smallest absolute Gasteiger partial charge is 0.407 e. The van der Waals surface area contributed by atoms with Crippen LogP contribution in [-0.2, 0) is 20.7 Å². The normalized spacial score (nSPS) is 18.4. The molecule has 9 heteroatoms. The molecular weight excluding hydrogens is 403 g/mol. The average Bonchev–Trinajstić information content (AvgIpc) is 2.94. The van der Waals surface area contributed by atoms with E-state index in [2.05, 4.69) is 24.1 Å². The van der Waals surface area contributed by atoms with Crippen LogP contribution in [0.25, 0.3) is 0 Å². The summed E-state index contributed by atoms with van der Waals surface area (Å²) in [6, 6.07) is 4.54. The second-order valence-corrected chi connectivity index (χ2v) is 8.88. The van der Waals surface area contributed by atoms with Gasteiger partial charge in [0.05, 0.1) is 0 Å². The third kappa shape index (κ3) is 5.45. The number of piperazine rings is 1. The second kappa shape index (κ2) is 9.11. The molecule has 3 rings (SSSR count). The molecule has 170 valence electrons. The van der Waals surface area contributed by atoms with Crippen molar-refractivity contribution in [2.75, 3.05) is 44.2 Å². The zero-order valence-electron chi connectivity index (χ0n) is 18.6.